The molecule has 0 aromatic rings. The second-order valence-corrected chi connectivity index (χ2v) is 9.79. The van der Waals surface area contributed by atoms with Gasteiger partial charge in [-0.3, -0.25) is 0 Å². The van der Waals surface area contributed by atoms with E-state index in [-0.39, 0.29) is 0 Å². The van der Waals surface area contributed by atoms with E-state index in [1.54, 1.807) is 0 Å². The van der Waals surface area contributed by atoms with Crippen molar-refractivity contribution in [3.63, 3.8) is 0 Å². The summed E-state index contributed by atoms with van der Waals surface area (Å²) in [5.74, 6) is 1.60. The van der Waals surface area contributed by atoms with Crippen LogP contribution in [0, 0.1) is 17.3 Å². The Labute approximate surface area is 118 Å². The number of rotatable bonds is 6. The van der Waals surface area contributed by atoms with Gasteiger partial charge in [-0.05, 0) is 62.3 Å². The van der Waals surface area contributed by atoms with Crippen molar-refractivity contribution in [2.45, 2.75) is 58.4 Å². The van der Waals surface area contributed by atoms with E-state index in [2.05, 4.69) is 19.2 Å². The summed E-state index contributed by atoms with van der Waals surface area (Å²) in [6, 6.07) is 0.755. The molecule has 3 nitrogen and oxygen atoms in total. The summed E-state index contributed by atoms with van der Waals surface area (Å²) in [7, 11) is -2.82. The van der Waals surface area contributed by atoms with Gasteiger partial charge in [-0.15, -0.1) is 0 Å². The highest BCUT2D eigenvalue weighted by molar-refractivity contribution is 7.90. The zero-order chi connectivity index (χ0) is 14.1. The van der Waals surface area contributed by atoms with E-state index in [1.807, 2.05) is 0 Å². The van der Waals surface area contributed by atoms with E-state index in [0.29, 0.717) is 23.0 Å². The molecule has 1 N–H and O–H groups in total. The first-order valence-electron chi connectivity index (χ1n) is 7.66. The van der Waals surface area contributed by atoms with Gasteiger partial charge in [-0.2, -0.15) is 0 Å². The van der Waals surface area contributed by atoms with Crippen LogP contribution >= 0.6 is 0 Å². The second kappa shape index (κ2) is 5.72. The van der Waals surface area contributed by atoms with Crippen LogP contribution in [0.25, 0.3) is 0 Å². The molecule has 2 aliphatic rings. The first-order chi connectivity index (χ1) is 8.75. The average Bonchev–Trinajstić information content (AvgIpc) is 3.07. The first-order valence-corrected chi connectivity index (χ1v) is 9.72. The quantitative estimate of drug-likeness (QED) is 0.817. The van der Waals surface area contributed by atoms with Gasteiger partial charge in [0.2, 0.25) is 0 Å². The lowest BCUT2D eigenvalue weighted by Crippen LogP contribution is -2.37. The van der Waals surface area contributed by atoms with Crippen LogP contribution in [0.5, 0.6) is 0 Å². The maximum atomic E-state index is 11.4. The lowest BCUT2D eigenvalue weighted by Gasteiger charge is -2.41. The highest BCUT2D eigenvalue weighted by atomic mass is 32.2. The topological polar surface area (TPSA) is 46.2 Å². The molecule has 2 saturated carbocycles. The van der Waals surface area contributed by atoms with E-state index in [1.165, 1.54) is 38.4 Å². The maximum absolute atomic E-state index is 11.4. The molecular weight excluding hydrogens is 258 g/mol. The third kappa shape index (κ3) is 5.42. The molecule has 2 unspecified atom stereocenters. The first kappa shape index (κ1) is 15.3. The molecule has 0 amide bonds. The minimum Gasteiger partial charge on any atom is -0.314 e. The summed E-state index contributed by atoms with van der Waals surface area (Å²) in [6.07, 6.45) is 8.57. The van der Waals surface area contributed by atoms with E-state index in [4.69, 9.17) is 0 Å². The SMILES string of the molecule is CC1(C)CCC(CNC2CC2)C(CCS(C)(=O)=O)C1. The monoisotopic (exact) mass is 287 g/mol. The molecule has 19 heavy (non-hydrogen) atoms. The third-order valence-electron chi connectivity index (χ3n) is 4.78. The molecule has 2 fully saturated rings. The van der Waals surface area contributed by atoms with Crippen LogP contribution in [-0.4, -0.2) is 33.0 Å². The van der Waals surface area contributed by atoms with Crippen LogP contribution < -0.4 is 5.32 Å². The Balaban J connectivity index is 1.89. The Hall–Kier alpha value is -0.0900. The number of hydrogen-bond donors (Lipinski definition) is 1. The molecule has 0 aromatic heterocycles. The third-order valence-corrected chi connectivity index (χ3v) is 5.76. The summed E-state index contributed by atoms with van der Waals surface area (Å²) in [5, 5.41) is 3.63. The fourth-order valence-electron chi connectivity index (χ4n) is 3.37. The molecule has 4 heteroatoms. The zero-order valence-electron chi connectivity index (χ0n) is 12.6. The molecule has 2 aliphatic carbocycles. The summed E-state index contributed by atoms with van der Waals surface area (Å²) in [4.78, 5) is 0. The van der Waals surface area contributed by atoms with Crippen molar-refractivity contribution in [2.75, 3.05) is 18.6 Å². The Morgan fingerprint density at radius 3 is 2.42 bits per heavy atom. The number of nitrogens with one attached hydrogen (secondary N) is 1. The summed E-state index contributed by atoms with van der Waals surface area (Å²) >= 11 is 0. The normalized spacial score (nSPS) is 31.3. The molecule has 0 radical (unpaired) electrons. The summed E-state index contributed by atoms with van der Waals surface area (Å²) in [5.41, 5.74) is 0.387. The van der Waals surface area contributed by atoms with Gasteiger partial charge in [0.05, 0.1) is 5.75 Å². The van der Waals surface area contributed by atoms with Crippen molar-refractivity contribution in [1.82, 2.24) is 5.32 Å². The Kier molecular flexibility index (Phi) is 4.61. The number of hydrogen-bond acceptors (Lipinski definition) is 3. The van der Waals surface area contributed by atoms with Crippen LogP contribution in [0.15, 0.2) is 0 Å². The van der Waals surface area contributed by atoms with Crippen molar-refractivity contribution in [3.8, 4) is 0 Å². The fourth-order valence-corrected chi connectivity index (χ4v) is 4.10. The predicted octanol–water partition coefficient (Wildman–Crippen LogP) is 2.62. The second-order valence-electron chi connectivity index (χ2n) is 7.53. The van der Waals surface area contributed by atoms with Crippen LogP contribution in [0.1, 0.15) is 52.4 Å². The van der Waals surface area contributed by atoms with Crippen LogP contribution in [0.3, 0.4) is 0 Å². The van der Waals surface area contributed by atoms with Crippen LogP contribution in [-0.2, 0) is 9.84 Å². The van der Waals surface area contributed by atoms with Crippen molar-refractivity contribution < 1.29 is 8.42 Å². The molecule has 2 rings (SSSR count). The van der Waals surface area contributed by atoms with Gasteiger partial charge < -0.3 is 5.32 Å². The summed E-state index contributed by atoms with van der Waals surface area (Å²) in [6.45, 7) is 5.74. The molecule has 0 saturated heterocycles. The lowest BCUT2D eigenvalue weighted by molar-refractivity contribution is 0.113. The predicted molar refractivity (Wildman–Crippen MR) is 80.0 cm³/mol. The smallest absolute Gasteiger partial charge is 0.147 e. The highest BCUT2D eigenvalue weighted by Gasteiger charge is 2.35. The minimum absolute atomic E-state index is 0.355. The standard InChI is InChI=1S/C15H29NO2S/c1-15(2)8-6-13(11-16-14-4-5-14)12(10-15)7-9-19(3,17)18/h12-14,16H,4-11H2,1-3H3. The zero-order valence-corrected chi connectivity index (χ0v) is 13.4. The van der Waals surface area contributed by atoms with Crippen LogP contribution in [0.2, 0.25) is 0 Å². The Bertz CT molecular complexity index is 396. The summed E-state index contributed by atoms with van der Waals surface area (Å²) < 4.78 is 22.8. The molecule has 0 aliphatic heterocycles. The van der Waals surface area contributed by atoms with Crippen molar-refractivity contribution in [3.05, 3.63) is 0 Å². The van der Waals surface area contributed by atoms with Gasteiger partial charge in [-0.25, -0.2) is 8.42 Å². The molecular formula is C15H29NO2S. The van der Waals surface area contributed by atoms with E-state index >= 15 is 0 Å². The van der Waals surface area contributed by atoms with E-state index in [0.717, 1.165) is 19.0 Å². The van der Waals surface area contributed by atoms with Gasteiger partial charge in [0.15, 0.2) is 0 Å². The van der Waals surface area contributed by atoms with Crippen molar-refractivity contribution >= 4 is 9.84 Å². The minimum atomic E-state index is -2.82. The average molecular weight is 287 g/mol. The highest BCUT2D eigenvalue weighted by Crippen LogP contribution is 2.43. The molecule has 112 valence electrons. The Morgan fingerprint density at radius 2 is 1.84 bits per heavy atom. The van der Waals surface area contributed by atoms with Gasteiger partial charge in [0.1, 0.15) is 9.84 Å². The maximum Gasteiger partial charge on any atom is 0.147 e. The molecule has 0 spiro atoms. The van der Waals surface area contributed by atoms with Gasteiger partial charge in [0, 0.05) is 12.3 Å². The molecule has 0 aromatic carbocycles. The van der Waals surface area contributed by atoms with Gasteiger partial charge in [0.25, 0.3) is 0 Å². The number of sulfone groups is 1. The van der Waals surface area contributed by atoms with Crippen molar-refractivity contribution in [2.24, 2.45) is 17.3 Å². The fraction of sp³-hybridized carbons (Fsp3) is 1.00. The molecule has 2 atom stereocenters. The van der Waals surface area contributed by atoms with Crippen LogP contribution in [0.4, 0.5) is 0 Å². The largest absolute Gasteiger partial charge is 0.314 e. The van der Waals surface area contributed by atoms with E-state index < -0.39 is 9.84 Å². The van der Waals surface area contributed by atoms with Crippen molar-refractivity contribution in [1.29, 1.82) is 0 Å². The molecule has 0 bridgehead atoms. The molecule has 0 heterocycles. The lowest BCUT2D eigenvalue weighted by atomic mass is 9.66. The Morgan fingerprint density at radius 1 is 1.16 bits per heavy atom. The van der Waals surface area contributed by atoms with Gasteiger partial charge >= 0.3 is 0 Å². The van der Waals surface area contributed by atoms with E-state index in [9.17, 15) is 8.42 Å². The van der Waals surface area contributed by atoms with Gasteiger partial charge in [-0.1, -0.05) is 13.8 Å².